The average Bonchev–Trinajstić information content (AvgIpc) is 3.16. The van der Waals surface area contributed by atoms with Crippen molar-refractivity contribution in [2.24, 2.45) is 0 Å². The zero-order valence-electron chi connectivity index (χ0n) is 17.2. The van der Waals surface area contributed by atoms with E-state index in [1.807, 2.05) is 30.3 Å². The number of aromatic nitrogens is 3. The molecule has 0 bridgehead atoms. The van der Waals surface area contributed by atoms with Crippen LogP contribution in [0.15, 0.2) is 54.9 Å². The maximum atomic E-state index is 12.7. The Kier molecular flexibility index (Phi) is 7.24. The molecule has 0 saturated heterocycles. The van der Waals surface area contributed by atoms with Gasteiger partial charge >= 0.3 is 12.1 Å². The van der Waals surface area contributed by atoms with Crippen LogP contribution in [0.1, 0.15) is 33.6 Å². The van der Waals surface area contributed by atoms with Crippen molar-refractivity contribution < 1.29 is 27.5 Å². The highest BCUT2D eigenvalue weighted by Crippen LogP contribution is 2.28. The van der Waals surface area contributed by atoms with Crippen molar-refractivity contribution in [2.45, 2.75) is 25.9 Å². The van der Waals surface area contributed by atoms with Crippen LogP contribution in [0, 0.1) is 6.92 Å². The number of nitrogens with zero attached hydrogens (tertiary/aromatic N) is 3. The monoisotopic (exact) mass is 446 g/mol. The van der Waals surface area contributed by atoms with E-state index in [1.165, 1.54) is 16.4 Å². The minimum atomic E-state index is -4.50. The highest BCUT2D eigenvalue weighted by molar-refractivity contribution is 5.92. The second kappa shape index (κ2) is 10.1. The van der Waals surface area contributed by atoms with Crippen molar-refractivity contribution in [2.75, 3.05) is 13.2 Å². The van der Waals surface area contributed by atoms with Crippen LogP contribution in [0.2, 0.25) is 0 Å². The fraction of sp³-hybridized carbons (Fsp3) is 0.273. The number of alkyl halides is 3. The number of benzene rings is 1. The van der Waals surface area contributed by atoms with E-state index >= 15 is 0 Å². The van der Waals surface area contributed by atoms with Crippen LogP contribution < -0.4 is 5.32 Å². The number of ether oxygens (including phenoxy) is 1. The van der Waals surface area contributed by atoms with Gasteiger partial charge in [-0.15, -0.1) is 0 Å². The van der Waals surface area contributed by atoms with Gasteiger partial charge in [-0.25, -0.2) is 14.5 Å². The summed E-state index contributed by atoms with van der Waals surface area (Å²) in [6.07, 6.45) is -1.03. The molecule has 0 radical (unpaired) electrons. The summed E-state index contributed by atoms with van der Waals surface area (Å²) < 4.78 is 44.3. The first-order chi connectivity index (χ1) is 15.3. The lowest BCUT2D eigenvalue weighted by Gasteiger charge is -2.08. The number of nitrogens with one attached hydrogen (secondary N) is 1. The Morgan fingerprint density at radius 2 is 1.84 bits per heavy atom. The van der Waals surface area contributed by atoms with Crippen LogP contribution in [0.4, 0.5) is 13.2 Å². The van der Waals surface area contributed by atoms with E-state index < -0.39 is 30.2 Å². The molecule has 168 valence electrons. The summed E-state index contributed by atoms with van der Waals surface area (Å²) >= 11 is 0. The SMILES string of the molecule is Cc1c(C(=O)OCC(=O)NCCCc2ccccc2)cnn1-c1ccc(C(F)(F)F)cn1. The molecule has 2 heterocycles. The van der Waals surface area contributed by atoms with Gasteiger partial charge in [0.1, 0.15) is 5.56 Å². The largest absolute Gasteiger partial charge is 0.452 e. The van der Waals surface area contributed by atoms with Crippen molar-refractivity contribution >= 4 is 11.9 Å². The highest BCUT2D eigenvalue weighted by Gasteiger charge is 2.31. The Bertz CT molecular complexity index is 1060. The molecular formula is C22H21F3N4O3. The number of halogens is 3. The molecule has 0 saturated carbocycles. The molecule has 1 aromatic carbocycles. The van der Waals surface area contributed by atoms with Gasteiger partial charge < -0.3 is 10.1 Å². The van der Waals surface area contributed by atoms with Gasteiger partial charge in [0, 0.05) is 12.7 Å². The summed E-state index contributed by atoms with van der Waals surface area (Å²) in [5.41, 5.74) is 0.692. The van der Waals surface area contributed by atoms with Gasteiger partial charge in [0.25, 0.3) is 5.91 Å². The maximum absolute atomic E-state index is 12.7. The van der Waals surface area contributed by atoms with Gasteiger partial charge in [-0.05, 0) is 37.5 Å². The number of aryl methyl sites for hydroxylation is 1. The van der Waals surface area contributed by atoms with Crippen LogP contribution in [0.3, 0.4) is 0 Å². The Morgan fingerprint density at radius 1 is 1.09 bits per heavy atom. The number of amides is 1. The number of carbonyl (C=O) groups is 2. The summed E-state index contributed by atoms with van der Waals surface area (Å²) in [7, 11) is 0. The molecule has 3 rings (SSSR count). The van der Waals surface area contributed by atoms with Crippen molar-refractivity contribution in [1.82, 2.24) is 20.1 Å². The van der Waals surface area contributed by atoms with E-state index in [-0.39, 0.29) is 11.4 Å². The first-order valence-corrected chi connectivity index (χ1v) is 9.81. The predicted molar refractivity (Wildman–Crippen MR) is 109 cm³/mol. The predicted octanol–water partition coefficient (Wildman–Crippen LogP) is 3.50. The van der Waals surface area contributed by atoms with E-state index in [0.717, 1.165) is 25.0 Å². The minimum absolute atomic E-state index is 0.0866. The van der Waals surface area contributed by atoms with E-state index in [2.05, 4.69) is 15.4 Å². The summed E-state index contributed by atoms with van der Waals surface area (Å²) in [6.45, 7) is 1.54. The molecule has 0 spiro atoms. The molecule has 1 N–H and O–H groups in total. The van der Waals surface area contributed by atoms with Crippen LogP contribution >= 0.6 is 0 Å². The highest BCUT2D eigenvalue weighted by atomic mass is 19.4. The number of rotatable bonds is 8. The smallest absolute Gasteiger partial charge is 0.417 e. The van der Waals surface area contributed by atoms with Crippen LogP contribution in [0.5, 0.6) is 0 Å². The molecule has 7 nitrogen and oxygen atoms in total. The topological polar surface area (TPSA) is 86.1 Å². The molecule has 2 aromatic heterocycles. The third-order valence-electron chi connectivity index (χ3n) is 4.66. The van der Waals surface area contributed by atoms with Crippen LogP contribution in [-0.4, -0.2) is 39.8 Å². The molecule has 0 aliphatic carbocycles. The molecule has 0 fully saturated rings. The fourth-order valence-electron chi connectivity index (χ4n) is 2.94. The fourth-order valence-corrected chi connectivity index (χ4v) is 2.94. The summed E-state index contributed by atoms with van der Waals surface area (Å²) in [5.74, 6) is -1.08. The Hall–Kier alpha value is -3.69. The second-order valence-electron chi connectivity index (χ2n) is 6.97. The second-order valence-corrected chi connectivity index (χ2v) is 6.97. The van der Waals surface area contributed by atoms with Gasteiger partial charge in [0.2, 0.25) is 0 Å². The van der Waals surface area contributed by atoms with Crippen molar-refractivity contribution in [3.63, 3.8) is 0 Å². The van der Waals surface area contributed by atoms with Gasteiger partial charge in [-0.1, -0.05) is 30.3 Å². The lowest BCUT2D eigenvalue weighted by molar-refractivity contribution is -0.137. The first kappa shape index (κ1) is 23.0. The van der Waals surface area contributed by atoms with Gasteiger partial charge in [-0.2, -0.15) is 18.3 Å². The van der Waals surface area contributed by atoms with Crippen molar-refractivity contribution in [1.29, 1.82) is 0 Å². The number of pyridine rings is 1. The standard InChI is InChI=1S/C22H21F3N4O3/c1-15-18(13-28-29(15)19-10-9-17(12-27-19)22(23,24)25)21(31)32-14-20(30)26-11-5-8-16-6-3-2-4-7-16/h2-4,6-7,9-10,12-13H,5,8,11,14H2,1H3,(H,26,30). The van der Waals surface area contributed by atoms with E-state index in [9.17, 15) is 22.8 Å². The zero-order chi connectivity index (χ0) is 23.1. The summed E-state index contributed by atoms with van der Waals surface area (Å²) in [5, 5.41) is 6.67. The Morgan fingerprint density at radius 3 is 2.50 bits per heavy atom. The van der Waals surface area contributed by atoms with Crippen LogP contribution in [-0.2, 0) is 22.1 Å². The molecular weight excluding hydrogens is 425 g/mol. The Labute approximate surface area is 182 Å². The van der Waals surface area contributed by atoms with Crippen LogP contribution in [0.25, 0.3) is 5.82 Å². The van der Waals surface area contributed by atoms with E-state index in [4.69, 9.17) is 4.74 Å². The summed E-state index contributed by atoms with van der Waals surface area (Å²) in [6, 6.07) is 11.9. The molecule has 10 heteroatoms. The molecule has 0 unspecified atom stereocenters. The summed E-state index contributed by atoms with van der Waals surface area (Å²) in [4.78, 5) is 27.9. The number of hydrogen-bond donors (Lipinski definition) is 1. The number of esters is 1. The normalized spacial score (nSPS) is 11.2. The molecule has 0 aliphatic rings. The third kappa shape index (κ3) is 5.93. The van der Waals surface area contributed by atoms with E-state index in [0.29, 0.717) is 18.4 Å². The van der Waals surface area contributed by atoms with Crippen molar-refractivity contribution in [3.05, 3.63) is 77.2 Å². The molecule has 32 heavy (non-hydrogen) atoms. The Balaban J connectivity index is 1.49. The van der Waals surface area contributed by atoms with Gasteiger partial charge in [0.05, 0.1) is 17.5 Å². The molecule has 0 atom stereocenters. The third-order valence-corrected chi connectivity index (χ3v) is 4.66. The van der Waals surface area contributed by atoms with Crippen molar-refractivity contribution in [3.8, 4) is 5.82 Å². The number of hydrogen-bond acceptors (Lipinski definition) is 5. The number of carbonyl (C=O) groups excluding carboxylic acids is 2. The van der Waals surface area contributed by atoms with E-state index in [1.54, 1.807) is 6.92 Å². The lowest BCUT2D eigenvalue weighted by atomic mass is 10.1. The quantitative estimate of drug-likeness (QED) is 0.423. The van der Waals surface area contributed by atoms with Gasteiger partial charge in [0.15, 0.2) is 12.4 Å². The average molecular weight is 446 g/mol. The zero-order valence-corrected chi connectivity index (χ0v) is 17.2. The first-order valence-electron chi connectivity index (χ1n) is 9.81. The minimum Gasteiger partial charge on any atom is -0.452 e. The molecule has 0 aliphatic heterocycles. The molecule has 1 amide bonds. The van der Waals surface area contributed by atoms with Gasteiger partial charge in [-0.3, -0.25) is 4.79 Å². The molecule has 3 aromatic rings. The lowest BCUT2D eigenvalue weighted by Crippen LogP contribution is -2.29. The maximum Gasteiger partial charge on any atom is 0.417 e.